The second-order valence-corrected chi connectivity index (χ2v) is 4.63. The van der Waals surface area contributed by atoms with E-state index in [1.807, 2.05) is 0 Å². The lowest BCUT2D eigenvalue weighted by atomic mass is 10.0. The Morgan fingerprint density at radius 2 is 2.05 bits per heavy atom. The molecule has 2 rings (SSSR count). The van der Waals surface area contributed by atoms with Crippen molar-refractivity contribution in [2.75, 3.05) is 26.9 Å². The van der Waals surface area contributed by atoms with E-state index in [1.54, 1.807) is 0 Å². The molecule has 1 aliphatic rings. The normalized spacial score (nSPS) is 22.0. The molecule has 1 N–H and O–H groups in total. The second kappa shape index (κ2) is 5.80. The molecule has 0 spiro atoms. The van der Waals surface area contributed by atoms with Gasteiger partial charge >= 0.3 is 0 Å². The zero-order valence-corrected chi connectivity index (χ0v) is 10.8. The van der Waals surface area contributed by atoms with E-state index >= 15 is 0 Å². The topological polar surface area (TPSA) is 47.6 Å². The quantitative estimate of drug-likeness (QED) is 0.857. The molecule has 0 saturated carbocycles. The zero-order valence-electron chi connectivity index (χ0n) is 10.8. The van der Waals surface area contributed by atoms with Gasteiger partial charge in [0.2, 0.25) is 0 Å². The van der Waals surface area contributed by atoms with Crippen LogP contribution in [0.2, 0.25) is 0 Å². The van der Waals surface area contributed by atoms with Crippen LogP contribution >= 0.6 is 0 Å². The van der Waals surface area contributed by atoms with E-state index in [4.69, 9.17) is 9.47 Å². The molecule has 1 unspecified atom stereocenters. The summed E-state index contributed by atoms with van der Waals surface area (Å²) in [6.07, 6.45) is 0.607. The SMILES string of the molecule is COC1(CNC(=O)c2cc(F)c(F)c(F)c2)CCOC1. The Balaban J connectivity index is 2.05. The molecule has 1 fully saturated rings. The lowest BCUT2D eigenvalue weighted by Gasteiger charge is -2.25. The van der Waals surface area contributed by atoms with E-state index in [1.165, 1.54) is 7.11 Å². The van der Waals surface area contributed by atoms with Gasteiger partial charge in [-0.3, -0.25) is 4.79 Å². The van der Waals surface area contributed by atoms with Gasteiger partial charge in [0.15, 0.2) is 17.5 Å². The number of hydrogen-bond donors (Lipinski definition) is 1. The predicted octanol–water partition coefficient (Wildman–Crippen LogP) is 1.64. The highest BCUT2D eigenvalue weighted by Crippen LogP contribution is 2.21. The molecule has 1 aromatic rings. The molecule has 110 valence electrons. The molecule has 1 heterocycles. The monoisotopic (exact) mass is 289 g/mol. The number of methoxy groups -OCH3 is 1. The summed E-state index contributed by atoms with van der Waals surface area (Å²) < 4.78 is 49.4. The van der Waals surface area contributed by atoms with Crippen LogP contribution in [-0.2, 0) is 9.47 Å². The number of ether oxygens (including phenoxy) is 2. The Morgan fingerprint density at radius 3 is 2.55 bits per heavy atom. The molecule has 1 aliphatic heterocycles. The number of benzene rings is 1. The molecule has 0 radical (unpaired) electrons. The van der Waals surface area contributed by atoms with Crippen LogP contribution in [0.4, 0.5) is 13.2 Å². The molecule has 0 aliphatic carbocycles. The number of carbonyl (C=O) groups is 1. The molecular formula is C13H14F3NO3. The van der Waals surface area contributed by atoms with E-state index in [9.17, 15) is 18.0 Å². The van der Waals surface area contributed by atoms with Crippen molar-refractivity contribution in [1.29, 1.82) is 0 Å². The summed E-state index contributed by atoms with van der Waals surface area (Å²) in [6.45, 7) is 0.988. The van der Waals surface area contributed by atoms with Crippen molar-refractivity contribution in [2.45, 2.75) is 12.0 Å². The van der Waals surface area contributed by atoms with Crippen molar-refractivity contribution in [1.82, 2.24) is 5.32 Å². The third-order valence-electron chi connectivity index (χ3n) is 3.32. The first kappa shape index (κ1) is 14.8. The van der Waals surface area contributed by atoms with Crippen molar-refractivity contribution >= 4 is 5.91 Å². The van der Waals surface area contributed by atoms with Crippen LogP contribution in [0.25, 0.3) is 0 Å². The van der Waals surface area contributed by atoms with E-state index in [2.05, 4.69) is 5.32 Å². The van der Waals surface area contributed by atoms with Gasteiger partial charge in [-0.25, -0.2) is 13.2 Å². The van der Waals surface area contributed by atoms with Gasteiger partial charge in [-0.1, -0.05) is 0 Å². The minimum Gasteiger partial charge on any atom is -0.378 e. The lowest BCUT2D eigenvalue weighted by molar-refractivity contribution is -0.0148. The van der Waals surface area contributed by atoms with Crippen LogP contribution in [0.1, 0.15) is 16.8 Å². The predicted molar refractivity (Wildman–Crippen MR) is 63.8 cm³/mol. The minimum atomic E-state index is -1.60. The highest BCUT2D eigenvalue weighted by atomic mass is 19.2. The molecule has 0 aromatic heterocycles. The van der Waals surface area contributed by atoms with Gasteiger partial charge in [0.1, 0.15) is 5.60 Å². The minimum absolute atomic E-state index is 0.142. The summed E-state index contributed by atoms with van der Waals surface area (Å²) in [4.78, 5) is 11.8. The van der Waals surface area contributed by atoms with Crippen LogP contribution < -0.4 is 5.32 Å². The average molecular weight is 289 g/mol. The van der Waals surface area contributed by atoms with Crippen molar-refractivity contribution in [3.05, 3.63) is 35.1 Å². The largest absolute Gasteiger partial charge is 0.378 e. The smallest absolute Gasteiger partial charge is 0.251 e. The van der Waals surface area contributed by atoms with Crippen LogP contribution in [0.5, 0.6) is 0 Å². The summed E-state index contributed by atoms with van der Waals surface area (Å²) in [5.74, 6) is -5.10. The Kier molecular flexibility index (Phi) is 4.29. The highest BCUT2D eigenvalue weighted by Gasteiger charge is 2.35. The van der Waals surface area contributed by atoms with E-state index in [0.29, 0.717) is 31.8 Å². The summed E-state index contributed by atoms with van der Waals surface area (Å²) in [5, 5.41) is 2.51. The fourth-order valence-corrected chi connectivity index (χ4v) is 1.99. The van der Waals surface area contributed by atoms with Gasteiger partial charge in [0, 0.05) is 32.2 Å². The third-order valence-corrected chi connectivity index (χ3v) is 3.32. The van der Waals surface area contributed by atoms with Crippen LogP contribution in [0.3, 0.4) is 0 Å². The second-order valence-electron chi connectivity index (χ2n) is 4.63. The molecule has 1 aromatic carbocycles. The van der Waals surface area contributed by atoms with Crippen molar-refractivity contribution in [3.8, 4) is 0 Å². The van der Waals surface area contributed by atoms with Gasteiger partial charge in [-0.2, -0.15) is 0 Å². The molecule has 4 nitrogen and oxygen atoms in total. The maximum absolute atomic E-state index is 13.0. The van der Waals surface area contributed by atoms with Gasteiger partial charge in [0.05, 0.1) is 6.61 Å². The average Bonchev–Trinajstić information content (AvgIpc) is 2.91. The van der Waals surface area contributed by atoms with E-state index < -0.39 is 29.0 Å². The summed E-state index contributed by atoms with van der Waals surface area (Å²) >= 11 is 0. The van der Waals surface area contributed by atoms with Crippen LogP contribution in [0.15, 0.2) is 12.1 Å². The van der Waals surface area contributed by atoms with Crippen LogP contribution in [0, 0.1) is 17.5 Å². The summed E-state index contributed by atoms with van der Waals surface area (Å²) in [7, 11) is 1.50. The van der Waals surface area contributed by atoms with E-state index in [0.717, 1.165) is 0 Å². The van der Waals surface area contributed by atoms with Gasteiger partial charge in [-0.15, -0.1) is 0 Å². The maximum atomic E-state index is 13.0. The van der Waals surface area contributed by atoms with Crippen molar-refractivity contribution in [3.63, 3.8) is 0 Å². The Morgan fingerprint density at radius 1 is 1.40 bits per heavy atom. The fourth-order valence-electron chi connectivity index (χ4n) is 1.99. The number of hydrogen-bond acceptors (Lipinski definition) is 3. The first-order valence-electron chi connectivity index (χ1n) is 6.03. The lowest BCUT2D eigenvalue weighted by Crippen LogP contribution is -2.45. The first-order chi connectivity index (χ1) is 9.47. The first-order valence-corrected chi connectivity index (χ1v) is 6.03. The summed E-state index contributed by atoms with van der Waals surface area (Å²) in [5.41, 5.74) is -0.918. The molecular weight excluding hydrogens is 275 g/mol. The molecule has 1 atom stereocenters. The standard InChI is InChI=1S/C13H14F3NO3/c1-19-13(2-3-20-7-13)6-17-12(18)8-4-9(14)11(16)10(15)5-8/h4-5H,2-3,6-7H2,1H3,(H,17,18). The Bertz CT molecular complexity index is 493. The summed E-state index contributed by atoms with van der Waals surface area (Å²) in [6, 6.07) is 1.30. The van der Waals surface area contributed by atoms with Crippen LogP contribution in [-0.4, -0.2) is 38.4 Å². The fraction of sp³-hybridized carbons (Fsp3) is 0.462. The van der Waals surface area contributed by atoms with Gasteiger partial charge < -0.3 is 14.8 Å². The highest BCUT2D eigenvalue weighted by molar-refractivity contribution is 5.94. The number of amides is 1. The molecule has 1 amide bonds. The number of nitrogens with one attached hydrogen (secondary N) is 1. The third kappa shape index (κ3) is 2.94. The van der Waals surface area contributed by atoms with Crippen molar-refractivity contribution in [2.24, 2.45) is 0 Å². The molecule has 1 saturated heterocycles. The van der Waals surface area contributed by atoms with Gasteiger partial charge in [0.25, 0.3) is 5.91 Å². The molecule has 7 heteroatoms. The number of halogens is 3. The number of rotatable bonds is 4. The van der Waals surface area contributed by atoms with Crippen molar-refractivity contribution < 1.29 is 27.4 Å². The Hall–Kier alpha value is -1.60. The molecule has 20 heavy (non-hydrogen) atoms. The number of carbonyl (C=O) groups excluding carboxylic acids is 1. The molecule has 0 bridgehead atoms. The van der Waals surface area contributed by atoms with E-state index in [-0.39, 0.29) is 12.1 Å². The Labute approximate surface area is 113 Å². The maximum Gasteiger partial charge on any atom is 0.251 e. The van der Waals surface area contributed by atoms with Gasteiger partial charge in [-0.05, 0) is 12.1 Å². The zero-order chi connectivity index (χ0) is 14.8.